The third kappa shape index (κ3) is 2.64. The zero-order chi connectivity index (χ0) is 8.81. The summed E-state index contributed by atoms with van der Waals surface area (Å²) >= 11 is 0. The fraction of sp³-hybridized carbons (Fsp3) is 0.333. The van der Waals surface area contributed by atoms with E-state index in [1.807, 2.05) is 37.3 Å². The minimum absolute atomic E-state index is 0.0393. The van der Waals surface area contributed by atoms with Gasteiger partial charge in [-0.3, -0.25) is 0 Å². The van der Waals surface area contributed by atoms with Crippen LogP contribution < -0.4 is 0 Å². The zero-order valence-electron chi connectivity index (χ0n) is 7.01. The van der Waals surface area contributed by atoms with Crippen molar-refractivity contribution >= 4 is 0 Å². The van der Waals surface area contributed by atoms with Crippen LogP contribution in [0.15, 0.2) is 35.4 Å². The summed E-state index contributed by atoms with van der Waals surface area (Å²) in [6, 6.07) is 10.0. The van der Waals surface area contributed by atoms with E-state index in [-0.39, 0.29) is 6.04 Å². The second kappa shape index (κ2) is 4.42. The van der Waals surface area contributed by atoms with Crippen molar-refractivity contribution in [2.24, 2.45) is 5.11 Å². The fourth-order valence-corrected chi connectivity index (χ4v) is 1.08. The van der Waals surface area contributed by atoms with E-state index in [4.69, 9.17) is 5.53 Å². The predicted molar refractivity (Wildman–Crippen MR) is 48.8 cm³/mol. The number of benzene rings is 1. The molecule has 3 nitrogen and oxygen atoms in total. The molecule has 3 heteroatoms. The molecule has 0 bridgehead atoms. The molecule has 0 unspecified atom stereocenters. The molecule has 0 aliphatic carbocycles. The van der Waals surface area contributed by atoms with E-state index in [0.29, 0.717) is 0 Å². The van der Waals surface area contributed by atoms with E-state index < -0.39 is 0 Å². The number of hydrogen-bond acceptors (Lipinski definition) is 1. The summed E-state index contributed by atoms with van der Waals surface area (Å²) in [6.45, 7) is 1.91. The molecule has 12 heavy (non-hydrogen) atoms. The van der Waals surface area contributed by atoms with Gasteiger partial charge in [-0.15, -0.1) is 0 Å². The van der Waals surface area contributed by atoms with Crippen molar-refractivity contribution in [3.05, 3.63) is 46.3 Å². The first-order valence-electron chi connectivity index (χ1n) is 3.91. The molecule has 0 N–H and O–H groups in total. The molecule has 0 aliphatic heterocycles. The van der Waals surface area contributed by atoms with Crippen molar-refractivity contribution in [3.8, 4) is 0 Å². The van der Waals surface area contributed by atoms with Gasteiger partial charge in [0.25, 0.3) is 0 Å². The molecule has 0 amide bonds. The lowest BCUT2D eigenvalue weighted by Gasteiger charge is -2.02. The first-order chi connectivity index (χ1) is 5.83. The Bertz CT molecular complexity index is 275. The van der Waals surface area contributed by atoms with Gasteiger partial charge in [0.05, 0.1) is 0 Å². The second-order valence-corrected chi connectivity index (χ2v) is 2.74. The lowest BCUT2D eigenvalue weighted by Crippen LogP contribution is -2.00. The van der Waals surface area contributed by atoms with E-state index in [2.05, 4.69) is 10.0 Å². The second-order valence-electron chi connectivity index (χ2n) is 2.74. The quantitative estimate of drug-likeness (QED) is 0.372. The third-order valence-corrected chi connectivity index (χ3v) is 1.62. The first kappa shape index (κ1) is 8.62. The number of nitrogens with zero attached hydrogens (tertiary/aromatic N) is 3. The monoisotopic (exact) mass is 161 g/mol. The normalized spacial score (nSPS) is 11.8. The van der Waals surface area contributed by atoms with Gasteiger partial charge in [0.15, 0.2) is 0 Å². The summed E-state index contributed by atoms with van der Waals surface area (Å²) in [7, 11) is 0. The summed E-state index contributed by atoms with van der Waals surface area (Å²) in [5.74, 6) is 0. The Labute approximate surface area is 71.7 Å². The molecule has 1 atom stereocenters. The van der Waals surface area contributed by atoms with Gasteiger partial charge in [-0.2, -0.15) is 0 Å². The van der Waals surface area contributed by atoms with Crippen molar-refractivity contribution in [3.63, 3.8) is 0 Å². The largest absolute Gasteiger partial charge is 0.0906 e. The van der Waals surface area contributed by atoms with Gasteiger partial charge in [-0.1, -0.05) is 42.4 Å². The van der Waals surface area contributed by atoms with Crippen molar-refractivity contribution in [2.75, 3.05) is 0 Å². The average molecular weight is 161 g/mol. The van der Waals surface area contributed by atoms with Gasteiger partial charge < -0.3 is 0 Å². The molecule has 0 heterocycles. The minimum Gasteiger partial charge on any atom is -0.0906 e. The molecule has 1 aromatic rings. The van der Waals surface area contributed by atoms with Gasteiger partial charge in [-0.05, 0) is 17.5 Å². The summed E-state index contributed by atoms with van der Waals surface area (Å²) in [5.41, 5.74) is 9.38. The highest BCUT2D eigenvalue weighted by molar-refractivity contribution is 5.15. The molecule has 0 saturated carbocycles. The molecule has 1 aromatic carbocycles. The molecular weight excluding hydrogens is 150 g/mol. The van der Waals surface area contributed by atoms with Crippen LogP contribution in [0.4, 0.5) is 0 Å². The molecule has 1 rings (SSSR count). The van der Waals surface area contributed by atoms with Gasteiger partial charge in [-0.25, -0.2) is 0 Å². The number of rotatable bonds is 3. The van der Waals surface area contributed by atoms with Gasteiger partial charge >= 0.3 is 0 Å². The van der Waals surface area contributed by atoms with Gasteiger partial charge in [0, 0.05) is 11.0 Å². The summed E-state index contributed by atoms with van der Waals surface area (Å²) in [4.78, 5) is 2.76. The van der Waals surface area contributed by atoms with Crippen LogP contribution in [0.3, 0.4) is 0 Å². The molecular formula is C9H11N3. The maximum absolute atomic E-state index is 8.17. The molecule has 62 valence electrons. The smallest absolute Gasteiger partial charge is 0.0386 e. The van der Waals surface area contributed by atoms with Crippen molar-refractivity contribution < 1.29 is 0 Å². The summed E-state index contributed by atoms with van der Waals surface area (Å²) < 4.78 is 0. The summed E-state index contributed by atoms with van der Waals surface area (Å²) in [6.07, 6.45) is 0.810. The van der Waals surface area contributed by atoms with E-state index in [9.17, 15) is 0 Å². The van der Waals surface area contributed by atoms with Crippen molar-refractivity contribution in [1.29, 1.82) is 0 Å². The van der Waals surface area contributed by atoms with Gasteiger partial charge in [0.2, 0.25) is 0 Å². The maximum atomic E-state index is 8.17. The van der Waals surface area contributed by atoms with E-state index in [1.165, 1.54) is 5.56 Å². The first-order valence-corrected chi connectivity index (χ1v) is 3.91. The maximum Gasteiger partial charge on any atom is 0.0386 e. The van der Waals surface area contributed by atoms with Crippen LogP contribution in [-0.2, 0) is 6.42 Å². The molecule has 0 fully saturated rings. The Morgan fingerprint density at radius 1 is 1.42 bits per heavy atom. The Kier molecular flexibility index (Phi) is 3.17. The number of azide groups is 1. The van der Waals surface area contributed by atoms with E-state index >= 15 is 0 Å². The topological polar surface area (TPSA) is 48.8 Å². The number of hydrogen-bond donors (Lipinski definition) is 0. The Hall–Kier alpha value is -1.47. The van der Waals surface area contributed by atoms with Crippen molar-refractivity contribution in [1.82, 2.24) is 0 Å². The summed E-state index contributed by atoms with van der Waals surface area (Å²) in [5, 5.41) is 3.60. The zero-order valence-corrected chi connectivity index (χ0v) is 7.01. The van der Waals surface area contributed by atoms with Crippen LogP contribution in [0.5, 0.6) is 0 Å². The molecule has 0 aliphatic rings. The standard InChI is InChI=1S/C9H11N3/c1-8(11-12-10)7-9-5-3-2-4-6-9/h2-6,8H,7H2,1H3/t8-/m0/s1. The highest BCUT2D eigenvalue weighted by Gasteiger charge is 1.98. The van der Waals surface area contributed by atoms with Crippen LogP contribution in [0.2, 0.25) is 0 Å². The minimum atomic E-state index is 0.0393. The molecule has 0 radical (unpaired) electrons. The molecule has 0 saturated heterocycles. The van der Waals surface area contributed by atoms with Crippen LogP contribution in [0.25, 0.3) is 10.4 Å². The molecule has 0 aromatic heterocycles. The third-order valence-electron chi connectivity index (χ3n) is 1.62. The van der Waals surface area contributed by atoms with E-state index in [0.717, 1.165) is 6.42 Å². The van der Waals surface area contributed by atoms with Crippen LogP contribution >= 0.6 is 0 Å². The Morgan fingerprint density at radius 3 is 2.67 bits per heavy atom. The lowest BCUT2D eigenvalue weighted by atomic mass is 10.1. The van der Waals surface area contributed by atoms with Crippen molar-refractivity contribution in [2.45, 2.75) is 19.4 Å². The van der Waals surface area contributed by atoms with Crippen LogP contribution in [0, 0.1) is 0 Å². The van der Waals surface area contributed by atoms with E-state index in [1.54, 1.807) is 0 Å². The highest BCUT2D eigenvalue weighted by atomic mass is 15.1. The average Bonchev–Trinajstić information content (AvgIpc) is 2.06. The van der Waals surface area contributed by atoms with Gasteiger partial charge in [0.1, 0.15) is 0 Å². The predicted octanol–water partition coefficient (Wildman–Crippen LogP) is 2.93. The lowest BCUT2D eigenvalue weighted by molar-refractivity contribution is 0.731. The van der Waals surface area contributed by atoms with Crippen LogP contribution in [0.1, 0.15) is 12.5 Å². The molecule has 0 spiro atoms. The Morgan fingerprint density at radius 2 is 2.08 bits per heavy atom. The van der Waals surface area contributed by atoms with Crippen LogP contribution in [-0.4, -0.2) is 6.04 Å². The highest BCUT2D eigenvalue weighted by Crippen LogP contribution is 2.04. The SMILES string of the molecule is C[C@@H](Cc1ccccc1)N=[N+]=[N-]. The Balaban J connectivity index is 2.58. The fourth-order valence-electron chi connectivity index (χ4n) is 1.08.